The summed E-state index contributed by atoms with van der Waals surface area (Å²) in [6.45, 7) is -5.30. The van der Waals surface area contributed by atoms with Gasteiger partial charge in [-0.3, -0.25) is 36.4 Å². The number of carboxylic acid groups (broad SMARTS) is 3. The van der Waals surface area contributed by atoms with Crippen LogP contribution in [-0.2, 0) is 170 Å². The maximum absolute atomic E-state index is 13.1. The van der Waals surface area contributed by atoms with E-state index in [0.717, 1.165) is 0 Å². The monoisotopic (exact) mass is 1650 g/mol. The van der Waals surface area contributed by atoms with Crippen LogP contribution in [0.2, 0.25) is 0 Å². The lowest BCUT2D eigenvalue weighted by Gasteiger charge is -2.50. The second kappa shape index (κ2) is 32.7. The van der Waals surface area contributed by atoms with Crippen molar-refractivity contribution in [2.75, 3.05) is 19.8 Å². The lowest BCUT2D eigenvalue weighted by Crippen LogP contribution is -2.71. The third kappa shape index (κ3) is 24.4. The van der Waals surface area contributed by atoms with Gasteiger partial charge < -0.3 is 108 Å². The van der Waals surface area contributed by atoms with Crippen LogP contribution in [0, 0.1) is 0 Å². The Kier molecular flexibility index (Phi) is 27.9. The van der Waals surface area contributed by atoms with Crippen LogP contribution < -0.4 is 14.2 Å². The Labute approximate surface area is 563 Å². The Hall–Kier alpha value is -3.81. The number of ether oxygens (including phenoxy) is 11. The van der Waals surface area contributed by atoms with Gasteiger partial charge in [0.25, 0.3) is 0 Å². The molecule has 6 rings (SSSR count). The molecule has 588 valence electrons. The largest absolute Gasteiger partial charge is 0.479 e. The molecule has 6 heterocycles. The van der Waals surface area contributed by atoms with E-state index in [-0.39, 0.29) is 6.08 Å². The minimum Gasteiger partial charge on any atom is -0.479 e. The number of aliphatic carboxylic acids is 3. The van der Waals surface area contributed by atoms with Crippen LogP contribution in [0.15, 0.2) is 11.8 Å². The van der Waals surface area contributed by atoms with E-state index in [1.165, 1.54) is 14.2 Å². The molecule has 0 radical (unpaired) electrons. The van der Waals surface area contributed by atoms with E-state index in [0.29, 0.717) is 0 Å². The Morgan fingerprint density at radius 1 is 0.366 bits per heavy atom. The number of nitrogens with one attached hydrogen (secondary N) is 3. The van der Waals surface area contributed by atoms with Gasteiger partial charge in [-0.1, -0.05) is 0 Å². The van der Waals surface area contributed by atoms with Crippen LogP contribution in [0.5, 0.6) is 0 Å². The molecule has 0 aliphatic carbocycles. The maximum Gasteiger partial charge on any atom is 0.397 e. The zero-order valence-corrected chi connectivity index (χ0v) is 54.9. The fourth-order valence-corrected chi connectivity index (χ4v) is 13.7. The highest BCUT2D eigenvalue weighted by Gasteiger charge is 2.61. The molecule has 28 unspecified atom stereocenters. The standard InChI is InChI=1S/C36H57N3O54S8/c40-5-1-6(28(47)48)82-35(19(5)92-100(72,73)74)86-21-8(3-79-98(66,67)68)84-33(12(14(21)42)39-96(60,61)62)89-24-18(46)25(93-101(75,76)77)36(91-27(24)30(51)52)87-22-9(4-80-99(69,70)71)83-32(11(15(22)43)38-95(57,58)59)88-23-16(44)17(45)34(90-26(23)29(49)50)85-20-7(2-78-97(63,64)65)81-31(53)10(13(20)41)37-94(54,55)56/h1,5,7-27,31-46,53H,2-4H2,(H,47,48)(H,49,50)(H,51,52)(H,54,55,56)(H,57,58,59)(H,60,61,62)(H,63,64,65)(H,66,67,68)(H,69,70,71)(H,72,73,74)(H,75,76,77). The number of carboxylic acids is 3. The molecular formula is C36H57N3O54S8. The number of rotatable bonds is 32. The molecule has 101 heavy (non-hydrogen) atoms. The normalized spacial score (nSPS) is 39.0. The van der Waals surface area contributed by atoms with E-state index >= 15 is 0 Å². The first-order chi connectivity index (χ1) is 45.8. The summed E-state index contributed by atoms with van der Waals surface area (Å²) in [5, 5.41) is 120. The third-order valence-corrected chi connectivity index (χ3v) is 17.8. The van der Waals surface area contributed by atoms with E-state index in [1.54, 1.807) is 0 Å². The summed E-state index contributed by atoms with van der Waals surface area (Å²) in [5.74, 6) is -8.42. The summed E-state index contributed by atoms with van der Waals surface area (Å²) in [4.78, 5) is 37.8. The minimum atomic E-state index is -6.28. The van der Waals surface area contributed by atoms with Gasteiger partial charge in [-0.15, -0.1) is 0 Å². The SMILES string of the molecule is O=C(O)C1=CC(O)C(OS(=O)(=O)O)C(OC2C(COS(=O)(=O)O)OC(OC3C(C(=O)O)OC(OC4C(COS(=O)(=O)O)OC(OC5C(C(=O)O)OC(OC6C(COS(=O)(=O)O)OC(O)C(NS(=O)(=O)O)C6O)C(O)C5O)C(NS(=O)(=O)O)C4O)C(OS(=O)(=O)O)C3O)C(NS(=O)(=O)O)C2O)O1. The molecule has 0 spiro atoms. The summed E-state index contributed by atoms with van der Waals surface area (Å²) < 4.78 is 352. The van der Waals surface area contributed by atoms with Crippen molar-refractivity contribution in [1.29, 1.82) is 0 Å². The smallest absolute Gasteiger partial charge is 0.397 e. The molecule has 6 aliphatic rings. The van der Waals surface area contributed by atoms with E-state index in [9.17, 15) is 170 Å². The Morgan fingerprint density at radius 2 is 0.703 bits per heavy atom. The highest BCUT2D eigenvalue weighted by atomic mass is 32.3. The third-order valence-electron chi connectivity index (χ3n) is 13.9. The molecule has 5 saturated heterocycles. The molecule has 57 nitrogen and oxygen atoms in total. The van der Waals surface area contributed by atoms with Gasteiger partial charge in [0.05, 0.1) is 19.8 Å². The summed E-state index contributed by atoms with van der Waals surface area (Å²) in [7, 11) is -46.6. The van der Waals surface area contributed by atoms with Crippen molar-refractivity contribution < 1.29 is 247 Å². The molecule has 5 fully saturated rings. The molecule has 22 N–H and O–H groups in total. The molecule has 0 aromatic heterocycles. The fraction of sp³-hybridized carbons (Fsp3) is 0.861. The number of hydrogen-bond donors (Lipinski definition) is 22. The topological polar surface area (TPSA) is 892 Å². The second-order valence-corrected chi connectivity index (χ2v) is 29.8. The van der Waals surface area contributed by atoms with Crippen molar-refractivity contribution >= 4 is 101 Å². The van der Waals surface area contributed by atoms with Crippen LogP contribution in [-0.4, -0.2) is 370 Å². The van der Waals surface area contributed by atoms with Crippen LogP contribution >= 0.6 is 0 Å². The van der Waals surface area contributed by atoms with Gasteiger partial charge in [-0.25, -0.2) is 35.3 Å². The van der Waals surface area contributed by atoms with Crippen LogP contribution in [0.25, 0.3) is 0 Å². The average molecular weight is 1650 g/mol. The number of aliphatic hydroxyl groups is 8. The van der Waals surface area contributed by atoms with Gasteiger partial charge >= 0.3 is 101 Å². The summed E-state index contributed by atoms with van der Waals surface area (Å²) in [6, 6.07) is -8.46. The van der Waals surface area contributed by atoms with Crippen molar-refractivity contribution in [2.45, 2.75) is 172 Å². The predicted octanol–water partition coefficient (Wildman–Crippen LogP) is -15.3. The van der Waals surface area contributed by atoms with Crippen molar-refractivity contribution in [3.8, 4) is 0 Å². The van der Waals surface area contributed by atoms with Crippen molar-refractivity contribution in [2.24, 2.45) is 0 Å². The van der Waals surface area contributed by atoms with Crippen LogP contribution in [0.1, 0.15) is 0 Å². The fourth-order valence-electron chi connectivity index (χ4n) is 9.98. The van der Waals surface area contributed by atoms with Gasteiger partial charge in [0, 0.05) is 0 Å². The Morgan fingerprint density at radius 3 is 1.08 bits per heavy atom. The molecule has 0 saturated carbocycles. The quantitative estimate of drug-likeness (QED) is 0.0278. The highest BCUT2D eigenvalue weighted by Crippen LogP contribution is 2.39. The van der Waals surface area contributed by atoms with E-state index in [2.05, 4.69) is 20.9 Å². The lowest BCUT2D eigenvalue weighted by atomic mass is 9.94. The zero-order chi connectivity index (χ0) is 76.7. The zero-order valence-electron chi connectivity index (χ0n) is 48.4. The first kappa shape index (κ1) is 86.1. The summed E-state index contributed by atoms with van der Waals surface area (Å²) in [5.41, 5.74) is 0. The molecule has 65 heteroatoms. The number of carbonyl (C=O) groups is 3. The van der Waals surface area contributed by atoms with Crippen molar-refractivity contribution in [1.82, 2.24) is 14.2 Å². The van der Waals surface area contributed by atoms with Crippen LogP contribution in [0.3, 0.4) is 0 Å². The Bertz CT molecular complexity index is 3940. The first-order valence-corrected chi connectivity index (χ1v) is 37.4. The number of aliphatic hydroxyl groups excluding tert-OH is 8. The molecule has 0 amide bonds. The van der Waals surface area contributed by atoms with E-state index < -0.39 is 298 Å². The molecule has 0 aromatic rings. The molecular weight excluding hydrogens is 1590 g/mol. The van der Waals surface area contributed by atoms with Gasteiger partial charge in [-0.05, 0) is 6.08 Å². The second-order valence-electron chi connectivity index (χ2n) is 20.9. The van der Waals surface area contributed by atoms with Crippen molar-refractivity contribution in [3.63, 3.8) is 0 Å². The van der Waals surface area contributed by atoms with Gasteiger partial charge in [0.1, 0.15) is 110 Å². The van der Waals surface area contributed by atoms with Crippen molar-refractivity contribution in [3.05, 3.63) is 11.8 Å². The van der Waals surface area contributed by atoms with E-state index in [4.69, 9.17) is 56.7 Å². The summed E-state index contributed by atoms with van der Waals surface area (Å²) in [6.07, 6.45) is -72.7. The predicted molar refractivity (Wildman–Crippen MR) is 289 cm³/mol. The molecule has 28 atom stereocenters. The lowest BCUT2D eigenvalue weighted by molar-refractivity contribution is -0.375. The van der Waals surface area contributed by atoms with Crippen LogP contribution in [0.4, 0.5) is 0 Å². The Balaban J connectivity index is 1.37. The first-order valence-electron chi connectivity index (χ1n) is 26.3. The van der Waals surface area contributed by atoms with E-state index in [1.807, 2.05) is 0 Å². The molecule has 0 bridgehead atoms. The molecule has 6 aliphatic heterocycles. The average Bonchev–Trinajstić information content (AvgIpc) is 0.755. The van der Waals surface area contributed by atoms with Gasteiger partial charge in [0.2, 0.25) is 12.0 Å². The minimum absolute atomic E-state index is 0.213. The highest BCUT2D eigenvalue weighted by molar-refractivity contribution is 7.84. The summed E-state index contributed by atoms with van der Waals surface area (Å²) >= 11 is 0. The molecule has 0 aromatic carbocycles. The van der Waals surface area contributed by atoms with Gasteiger partial charge in [0.15, 0.2) is 55.9 Å². The van der Waals surface area contributed by atoms with Gasteiger partial charge in [-0.2, -0.15) is 81.5 Å². The number of hydrogen-bond acceptors (Lipinski definition) is 43. The maximum atomic E-state index is 13.1.